The maximum Gasteiger partial charge on any atom is 0.161 e. The number of hydrogen-bond acceptors (Lipinski definition) is 5. The normalized spacial score (nSPS) is 12.0. The lowest BCUT2D eigenvalue weighted by Crippen LogP contribution is -2.24. The fraction of sp³-hybridized carbons (Fsp3) is 0.562. The van der Waals surface area contributed by atoms with Crippen molar-refractivity contribution in [2.24, 2.45) is 0 Å². The van der Waals surface area contributed by atoms with Gasteiger partial charge in [0.25, 0.3) is 0 Å². The number of methoxy groups -OCH3 is 1. The number of nitrogens with one attached hydrogen (secondary N) is 1. The van der Waals surface area contributed by atoms with Crippen molar-refractivity contribution in [1.82, 2.24) is 10.2 Å². The van der Waals surface area contributed by atoms with Gasteiger partial charge in [-0.2, -0.15) is 5.26 Å². The SMILES string of the molecule is CCOc1ccc(C(C#N)NCCCN(C)C)cc1OC. The minimum atomic E-state index is -0.336. The van der Waals surface area contributed by atoms with Gasteiger partial charge in [0.1, 0.15) is 6.04 Å². The summed E-state index contributed by atoms with van der Waals surface area (Å²) in [6, 6.07) is 7.56. The predicted octanol–water partition coefficient (Wildman–Crippen LogP) is 2.20. The number of nitrogens with zero attached hydrogens (tertiary/aromatic N) is 2. The summed E-state index contributed by atoms with van der Waals surface area (Å²) in [6.07, 6.45) is 0.999. The highest BCUT2D eigenvalue weighted by atomic mass is 16.5. The van der Waals surface area contributed by atoms with Gasteiger partial charge in [-0.15, -0.1) is 0 Å². The quantitative estimate of drug-likeness (QED) is 0.707. The minimum absolute atomic E-state index is 0.336. The molecular formula is C16H25N3O2. The first-order valence-corrected chi connectivity index (χ1v) is 7.20. The van der Waals surface area contributed by atoms with Crippen LogP contribution in [0.25, 0.3) is 0 Å². The van der Waals surface area contributed by atoms with Crippen molar-refractivity contribution in [3.8, 4) is 17.6 Å². The van der Waals surface area contributed by atoms with Gasteiger partial charge < -0.3 is 14.4 Å². The summed E-state index contributed by atoms with van der Waals surface area (Å²) >= 11 is 0. The Labute approximate surface area is 127 Å². The molecule has 0 aromatic heterocycles. The lowest BCUT2D eigenvalue weighted by atomic mass is 10.1. The average molecular weight is 291 g/mol. The zero-order valence-corrected chi connectivity index (χ0v) is 13.3. The molecule has 116 valence electrons. The van der Waals surface area contributed by atoms with Gasteiger partial charge in [0.05, 0.1) is 19.8 Å². The average Bonchev–Trinajstić information content (AvgIpc) is 2.48. The van der Waals surface area contributed by atoms with E-state index >= 15 is 0 Å². The molecule has 0 bridgehead atoms. The zero-order valence-electron chi connectivity index (χ0n) is 13.3. The number of rotatable bonds is 9. The van der Waals surface area contributed by atoms with Crippen LogP contribution in [0.5, 0.6) is 11.5 Å². The second kappa shape index (κ2) is 9.22. The van der Waals surface area contributed by atoms with Crippen LogP contribution < -0.4 is 14.8 Å². The van der Waals surface area contributed by atoms with E-state index in [4.69, 9.17) is 9.47 Å². The van der Waals surface area contributed by atoms with Crippen LogP contribution in [-0.4, -0.2) is 45.8 Å². The second-order valence-electron chi connectivity index (χ2n) is 5.02. The van der Waals surface area contributed by atoms with Crippen LogP contribution in [0, 0.1) is 11.3 Å². The van der Waals surface area contributed by atoms with Crippen LogP contribution in [0.2, 0.25) is 0 Å². The third kappa shape index (κ3) is 5.62. The summed E-state index contributed by atoms with van der Waals surface area (Å²) in [4.78, 5) is 2.13. The van der Waals surface area contributed by atoms with E-state index in [0.29, 0.717) is 18.1 Å². The summed E-state index contributed by atoms with van der Waals surface area (Å²) in [5, 5.41) is 12.6. The molecule has 0 saturated heterocycles. The molecule has 0 fully saturated rings. The number of nitriles is 1. The molecule has 0 radical (unpaired) electrons. The molecule has 1 N–H and O–H groups in total. The van der Waals surface area contributed by atoms with Crippen molar-refractivity contribution in [3.05, 3.63) is 23.8 Å². The number of benzene rings is 1. The van der Waals surface area contributed by atoms with Crippen LogP contribution in [0.4, 0.5) is 0 Å². The zero-order chi connectivity index (χ0) is 15.7. The molecule has 0 aliphatic carbocycles. The predicted molar refractivity (Wildman–Crippen MR) is 83.7 cm³/mol. The van der Waals surface area contributed by atoms with Crippen molar-refractivity contribution in [2.75, 3.05) is 40.9 Å². The smallest absolute Gasteiger partial charge is 0.161 e. The second-order valence-corrected chi connectivity index (χ2v) is 5.02. The molecular weight excluding hydrogens is 266 g/mol. The molecule has 5 nitrogen and oxygen atoms in total. The summed E-state index contributed by atoms with van der Waals surface area (Å²) < 4.78 is 10.8. The number of ether oxygens (including phenoxy) is 2. The third-order valence-corrected chi connectivity index (χ3v) is 3.08. The van der Waals surface area contributed by atoms with Crippen molar-refractivity contribution < 1.29 is 9.47 Å². The molecule has 21 heavy (non-hydrogen) atoms. The Bertz CT molecular complexity index is 469. The van der Waals surface area contributed by atoms with Gasteiger partial charge in [-0.05, 0) is 58.2 Å². The molecule has 0 aliphatic heterocycles. The first kappa shape index (κ1) is 17.3. The fourth-order valence-corrected chi connectivity index (χ4v) is 2.02. The third-order valence-electron chi connectivity index (χ3n) is 3.08. The molecule has 0 spiro atoms. The fourth-order valence-electron chi connectivity index (χ4n) is 2.02. The van der Waals surface area contributed by atoms with E-state index in [1.807, 2.05) is 39.2 Å². The van der Waals surface area contributed by atoms with Gasteiger partial charge in [0.15, 0.2) is 11.5 Å². The highest BCUT2D eigenvalue weighted by molar-refractivity contribution is 5.44. The summed E-state index contributed by atoms with van der Waals surface area (Å²) in [6.45, 7) is 4.31. The van der Waals surface area contributed by atoms with Gasteiger partial charge in [-0.3, -0.25) is 5.32 Å². The van der Waals surface area contributed by atoms with Crippen LogP contribution in [-0.2, 0) is 0 Å². The van der Waals surface area contributed by atoms with E-state index in [0.717, 1.165) is 25.1 Å². The first-order chi connectivity index (χ1) is 10.1. The van der Waals surface area contributed by atoms with E-state index in [2.05, 4.69) is 16.3 Å². The van der Waals surface area contributed by atoms with Crippen LogP contribution >= 0.6 is 0 Å². The Morgan fingerprint density at radius 2 is 2.10 bits per heavy atom. The monoisotopic (exact) mass is 291 g/mol. The summed E-state index contributed by atoms with van der Waals surface area (Å²) in [5.74, 6) is 1.36. The van der Waals surface area contributed by atoms with Crippen molar-refractivity contribution >= 4 is 0 Å². The van der Waals surface area contributed by atoms with Crippen LogP contribution in [0.3, 0.4) is 0 Å². The lowest BCUT2D eigenvalue weighted by Gasteiger charge is -2.16. The van der Waals surface area contributed by atoms with E-state index in [9.17, 15) is 5.26 Å². The van der Waals surface area contributed by atoms with Gasteiger partial charge >= 0.3 is 0 Å². The van der Waals surface area contributed by atoms with E-state index < -0.39 is 0 Å². The Kier molecular flexibility index (Phi) is 7.59. The molecule has 0 aliphatic rings. The molecule has 0 saturated carbocycles. The van der Waals surface area contributed by atoms with Crippen molar-refractivity contribution in [3.63, 3.8) is 0 Å². The Hall–Kier alpha value is -1.77. The molecule has 1 aromatic rings. The molecule has 0 heterocycles. The number of hydrogen-bond donors (Lipinski definition) is 1. The van der Waals surface area contributed by atoms with Gasteiger partial charge in [-0.25, -0.2) is 0 Å². The molecule has 1 rings (SSSR count). The summed E-state index contributed by atoms with van der Waals surface area (Å²) in [7, 11) is 5.69. The molecule has 1 atom stereocenters. The Morgan fingerprint density at radius 3 is 2.67 bits per heavy atom. The van der Waals surface area contributed by atoms with E-state index in [-0.39, 0.29) is 6.04 Å². The Balaban J connectivity index is 2.70. The van der Waals surface area contributed by atoms with Crippen molar-refractivity contribution in [1.29, 1.82) is 5.26 Å². The topological polar surface area (TPSA) is 57.5 Å². The molecule has 1 unspecified atom stereocenters. The highest BCUT2D eigenvalue weighted by Gasteiger charge is 2.13. The highest BCUT2D eigenvalue weighted by Crippen LogP contribution is 2.30. The largest absolute Gasteiger partial charge is 0.493 e. The maximum absolute atomic E-state index is 9.33. The van der Waals surface area contributed by atoms with E-state index in [1.165, 1.54) is 0 Å². The lowest BCUT2D eigenvalue weighted by molar-refractivity contribution is 0.310. The molecule has 1 aromatic carbocycles. The van der Waals surface area contributed by atoms with Crippen molar-refractivity contribution in [2.45, 2.75) is 19.4 Å². The Morgan fingerprint density at radius 1 is 1.33 bits per heavy atom. The molecule has 0 amide bonds. The van der Waals surface area contributed by atoms with Gasteiger partial charge in [0.2, 0.25) is 0 Å². The van der Waals surface area contributed by atoms with Crippen LogP contribution in [0.1, 0.15) is 24.9 Å². The van der Waals surface area contributed by atoms with Gasteiger partial charge in [-0.1, -0.05) is 6.07 Å². The standard InChI is InChI=1S/C16H25N3O2/c1-5-21-15-8-7-13(11-16(15)20-4)14(12-17)18-9-6-10-19(2)3/h7-8,11,14,18H,5-6,9-10H2,1-4H3. The molecule has 5 heteroatoms. The van der Waals surface area contributed by atoms with Crippen LogP contribution in [0.15, 0.2) is 18.2 Å². The maximum atomic E-state index is 9.33. The van der Waals surface area contributed by atoms with E-state index in [1.54, 1.807) is 7.11 Å². The minimum Gasteiger partial charge on any atom is -0.493 e. The summed E-state index contributed by atoms with van der Waals surface area (Å²) in [5.41, 5.74) is 0.891. The first-order valence-electron chi connectivity index (χ1n) is 7.20. The van der Waals surface area contributed by atoms with Gasteiger partial charge in [0, 0.05) is 0 Å².